The number of hydrogen-bond donors (Lipinski definition) is 0. The Kier molecular flexibility index (Phi) is 3.96. The van der Waals surface area contributed by atoms with Crippen LogP contribution in [0, 0.1) is 0 Å². The number of aldehydes is 1. The second-order valence-electron chi connectivity index (χ2n) is 4.79. The van der Waals surface area contributed by atoms with E-state index in [4.69, 9.17) is 4.74 Å². The highest BCUT2D eigenvalue weighted by atomic mass is 16.5. The van der Waals surface area contributed by atoms with Crippen LogP contribution in [-0.2, 0) is 6.54 Å². The number of aromatic nitrogens is 2. The van der Waals surface area contributed by atoms with E-state index in [2.05, 4.69) is 4.98 Å². The highest BCUT2D eigenvalue weighted by Gasteiger charge is 2.08. The first-order valence-corrected chi connectivity index (χ1v) is 6.95. The average molecular weight is 280 g/mol. The van der Waals surface area contributed by atoms with Gasteiger partial charge in [-0.3, -0.25) is 4.79 Å². The Morgan fingerprint density at radius 1 is 1.14 bits per heavy atom. The third kappa shape index (κ3) is 2.94. The Morgan fingerprint density at radius 2 is 2.00 bits per heavy atom. The van der Waals surface area contributed by atoms with E-state index in [1.165, 1.54) is 0 Å². The lowest BCUT2D eigenvalue weighted by Gasteiger charge is -2.07. The molecule has 106 valence electrons. The van der Waals surface area contributed by atoms with Crippen molar-refractivity contribution in [2.45, 2.75) is 13.0 Å². The lowest BCUT2D eigenvalue weighted by atomic mass is 10.2. The summed E-state index contributed by atoms with van der Waals surface area (Å²) in [6, 6.07) is 13.5. The molecule has 0 aliphatic heterocycles. The molecule has 1 aromatic carbocycles. The Labute approximate surface area is 123 Å². The zero-order valence-corrected chi connectivity index (χ0v) is 11.6. The summed E-state index contributed by atoms with van der Waals surface area (Å²) < 4.78 is 7.68. The maximum Gasteiger partial charge on any atom is 0.152 e. The van der Waals surface area contributed by atoms with Gasteiger partial charge in [0.25, 0.3) is 0 Å². The summed E-state index contributed by atoms with van der Waals surface area (Å²) in [5.74, 6) is 0.876. The fraction of sp³-hybridized carbons (Fsp3) is 0.176. The second kappa shape index (κ2) is 6.22. The van der Waals surface area contributed by atoms with Crippen LogP contribution in [0.4, 0.5) is 0 Å². The predicted molar refractivity (Wildman–Crippen MR) is 81.7 cm³/mol. The summed E-state index contributed by atoms with van der Waals surface area (Å²) in [6.45, 7) is 1.40. The number of carbonyl (C=O) groups excluding carboxylic acids is 1. The summed E-state index contributed by atoms with van der Waals surface area (Å²) in [7, 11) is 0. The van der Waals surface area contributed by atoms with E-state index in [0.717, 1.165) is 36.0 Å². The molecule has 2 aromatic heterocycles. The number of carbonyl (C=O) groups is 1. The van der Waals surface area contributed by atoms with E-state index in [9.17, 15) is 4.79 Å². The highest BCUT2D eigenvalue weighted by molar-refractivity contribution is 5.95. The maximum atomic E-state index is 11.1. The van der Waals surface area contributed by atoms with Crippen molar-refractivity contribution in [3.8, 4) is 5.75 Å². The fourth-order valence-corrected chi connectivity index (χ4v) is 2.36. The van der Waals surface area contributed by atoms with Crippen LogP contribution in [-0.4, -0.2) is 22.4 Å². The third-order valence-corrected chi connectivity index (χ3v) is 3.35. The van der Waals surface area contributed by atoms with Crippen LogP contribution in [0.1, 0.15) is 16.8 Å². The van der Waals surface area contributed by atoms with E-state index in [1.807, 2.05) is 53.2 Å². The molecule has 0 saturated carbocycles. The Hall–Kier alpha value is -2.62. The first kappa shape index (κ1) is 13.4. The summed E-state index contributed by atoms with van der Waals surface area (Å²) in [5, 5.41) is 0.900. The molecule has 0 spiro atoms. The van der Waals surface area contributed by atoms with Gasteiger partial charge < -0.3 is 9.30 Å². The van der Waals surface area contributed by atoms with Gasteiger partial charge in [0.05, 0.1) is 6.61 Å². The van der Waals surface area contributed by atoms with Gasteiger partial charge in [-0.1, -0.05) is 18.2 Å². The van der Waals surface area contributed by atoms with Gasteiger partial charge in [-0.25, -0.2) is 4.98 Å². The van der Waals surface area contributed by atoms with Gasteiger partial charge in [0.1, 0.15) is 11.4 Å². The van der Waals surface area contributed by atoms with Gasteiger partial charge in [-0.2, -0.15) is 0 Å². The van der Waals surface area contributed by atoms with Crippen LogP contribution < -0.4 is 4.74 Å². The molecular formula is C17H16N2O2. The first-order valence-electron chi connectivity index (χ1n) is 6.95. The SMILES string of the molecule is O=Cc1cn(CCCOc2ccccc2)c2ncccc12. The van der Waals surface area contributed by atoms with Gasteiger partial charge in [0.2, 0.25) is 0 Å². The number of nitrogens with zero attached hydrogens (tertiary/aromatic N) is 2. The molecule has 4 heteroatoms. The molecule has 0 N–H and O–H groups in total. The Morgan fingerprint density at radius 3 is 2.81 bits per heavy atom. The molecule has 0 atom stereocenters. The monoisotopic (exact) mass is 280 g/mol. The number of ether oxygens (including phenoxy) is 1. The highest BCUT2D eigenvalue weighted by Crippen LogP contribution is 2.18. The lowest BCUT2D eigenvalue weighted by molar-refractivity contribution is 0.112. The summed E-state index contributed by atoms with van der Waals surface area (Å²) >= 11 is 0. The molecular weight excluding hydrogens is 264 g/mol. The number of para-hydroxylation sites is 1. The van der Waals surface area contributed by atoms with E-state index < -0.39 is 0 Å². The first-order chi connectivity index (χ1) is 10.4. The molecule has 0 aliphatic carbocycles. The van der Waals surface area contributed by atoms with Crippen molar-refractivity contribution in [1.82, 2.24) is 9.55 Å². The van der Waals surface area contributed by atoms with E-state index in [1.54, 1.807) is 6.20 Å². The van der Waals surface area contributed by atoms with E-state index in [-0.39, 0.29) is 0 Å². The molecule has 0 amide bonds. The zero-order valence-electron chi connectivity index (χ0n) is 11.6. The topological polar surface area (TPSA) is 44.1 Å². The van der Waals surface area contributed by atoms with Crippen molar-refractivity contribution in [3.63, 3.8) is 0 Å². The molecule has 2 heterocycles. The van der Waals surface area contributed by atoms with Crippen molar-refractivity contribution in [2.24, 2.45) is 0 Å². The zero-order chi connectivity index (χ0) is 14.5. The number of fused-ring (bicyclic) bond motifs is 1. The van der Waals surface area contributed by atoms with Gasteiger partial charge in [0.15, 0.2) is 6.29 Å². The van der Waals surface area contributed by atoms with Crippen molar-refractivity contribution in [2.75, 3.05) is 6.61 Å². The number of rotatable bonds is 6. The summed E-state index contributed by atoms with van der Waals surface area (Å²) in [5.41, 5.74) is 1.53. The van der Waals surface area contributed by atoms with Gasteiger partial charge in [-0.05, 0) is 30.7 Å². The molecule has 3 rings (SSSR count). The Balaban J connectivity index is 1.64. The van der Waals surface area contributed by atoms with E-state index >= 15 is 0 Å². The lowest BCUT2D eigenvalue weighted by Crippen LogP contribution is -2.04. The van der Waals surface area contributed by atoms with Gasteiger partial charge >= 0.3 is 0 Å². The number of benzene rings is 1. The standard InChI is InChI=1S/C17H16N2O2/c20-13-14-12-19(17-16(14)8-4-9-18-17)10-5-11-21-15-6-2-1-3-7-15/h1-4,6-9,12-13H,5,10-11H2. The van der Waals surface area contributed by atoms with Crippen LogP contribution in [0.15, 0.2) is 54.9 Å². The molecule has 0 unspecified atom stereocenters. The van der Waals surface area contributed by atoms with Crippen LogP contribution in [0.2, 0.25) is 0 Å². The van der Waals surface area contributed by atoms with Crippen molar-refractivity contribution in [3.05, 3.63) is 60.4 Å². The minimum absolute atomic E-state index is 0.632. The molecule has 0 saturated heterocycles. The molecule has 3 aromatic rings. The second-order valence-corrected chi connectivity index (χ2v) is 4.79. The smallest absolute Gasteiger partial charge is 0.152 e. The number of pyridine rings is 1. The number of hydrogen-bond acceptors (Lipinski definition) is 3. The van der Waals surface area contributed by atoms with Crippen LogP contribution in [0.25, 0.3) is 11.0 Å². The molecule has 0 fully saturated rings. The van der Waals surface area contributed by atoms with Crippen molar-refractivity contribution >= 4 is 17.3 Å². The largest absolute Gasteiger partial charge is 0.494 e. The third-order valence-electron chi connectivity index (χ3n) is 3.35. The quantitative estimate of drug-likeness (QED) is 0.514. The molecule has 21 heavy (non-hydrogen) atoms. The van der Waals surface area contributed by atoms with Crippen LogP contribution in [0.3, 0.4) is 0 Å². The van der Waals surface area contributed by atoms with E-state index in [0.29, 0.717) is 12.2 Å². The predicted octanol–water partition coefficient (Wildman–Crippen LogP) is 3.32. The molecule has 0 radical (unpaired) electrons. The number of aryl methyl sites for hydroxylation is 1. The van der Waals surface area contributed by atoms with Crippen LogP contribution >= 0.6 is 0 Å². The minimum atomic E-state index is 0.632. The summed E-state index contributed by atoms with van der Waals surface area (Å²) in [4.78, 5) is 15.4. The van der Waals surface area contributed by atoms with Gasteiger partial charge in [0, 0.05) is 29.9 Å². The average Bonchev–Trinajstić information content (AvgIpc) is 2.91. The normalized spacial score (nSPS) is 10.7. The van der Waals surface area contributed by atoms with Crippen molar-refractivity contribution in [1.29, 1.82) is 0 Å². The fourth-order valence-electron chi connectivity index (χ4n) is 2.36. The molecule has 4 nitrogen and oxygen atoms in total. The van der Waals surface area contributed by atoms with Crippen molar-refractivity contribution < 1.29 is 9.53 Å². The summed E-state index contributed by atoms with van der Waals surface area (Å²) in [6.07, 6.45) is 5.33. The minimum Gasteiger partial charge on any atom is -0.494 e. The Bertz CT molecular complexity index is 735. The molecule has 0 aliphatic rings. The van der Waals surface area contributed by atoms with Gasteiger partial charge in [-0.15, -0.1) is 0 Å². The maximum absolute atomic E-state index is 11.1. The van der Waals surface area contributed by atoms with Crippen LogP contribution in [0.5, 0.6) is 5.75 Å². The molecule has 0 bridgehead atoms.